The molecule has 0 aliphatic carbocycles. The molecule has 0 bridgehead atoms. The normalized spacial score (nSPS) is 18.7. The monoisotopic (exact) mass is 1060 g/mol. The fraction of sp³-hybridized carbons (Fsp3) is 0.343. The lowest BCUT2D eigenvalue weighted by Gasteiger charge is -2.46. The van der Waals surface area contributed by atoms with Gasteiger partial charge < -0.3 is 48.9 Å². The van der Waals surface area contributed by atoms with Crippen molar-refractivity contribution in [2.24, 2.45) is 0 Å². The Morgan fingerprint density at radius 2 is 1.05 bits per heavy atom. The molecule has 9 rings (SSSR count). The molecule has 79 heavy (non-hydrogen) atoms. The molecule has 2 aliphatic rings. The lowest BCUT2D eigenvalue weighted by molar-refractivity contribution is -0.275. The molecular formula is C67H76N4O8. The van der Waals surface area contributed by atoms with Crippen molar-refractivity contribution < 1.29 is 38.0 Å². The van der Waals surface area contributed by atoms with Gasteiger partial charge in [0.15, 0.2) is 0 Å². The second-order valence-corrected chi connectivity index (χ2v) is 21.3. The number of carbonyl (C=O) groups excluding carboxylic acids is 2. The summed E-state index contributed by atoms with van der Waals surface area (Å²) in [6.45, 7) is 10.9. The highest BCUT2D eigenvalue weighted by Gasteiger charge is 2.50. The number of aryl methyl sites for hydroxylation is 1. The number of benzene rings is 7. The van der Waals surface area contributed by atoms with Crippen molar-refractivity contribution in [1.82, 2.24) is 20.4 Å². The van der Waals surface area contributed by atoms with Crippen LogP contribution in [0.2, 0.25) is 0 Å². The van der Waals surface area contributed by atoms with Crippen LogP contribution in [0.15, 0.2) is 188 Å². The molecule has 2 N–H and O–H groups in total. The van der Waals surface area contributed by atoms with Crippen LogP contribution in [0.5, 0.6) is 5.75 Å². The van der Waals surface area contributed by atoms with Gasteiger partial charge >= 0.3 is 6.03 Å². The van der Waals surface area contributed by atoms with Gasteiger partial charge in [-0.25, -0.2) is 4.79 Å². The molecule has 0 aromatic heterocycles. The van der Waals surface area contributed by atoms with E-state index in [1.165, 1.54) is 0 Å². The van der Waals surface area contributed by atoms with Gasteiger partial charge in [-0.3, -0.25) is 4.79 Å². The van der Waals surface area contributed by atoms with Crippen LogP contribution >= 0.6 is 0 Å². The third kappa shape index (κ3) is 16.2. The topological polar surface area (TPSA) is 120 Å². The molecule has 3 amide bonds. The van der Waals surface area contributed by atoms with Crippen molar-refractivity contribution in [3.63, 3.8) is 0 Å². The lowest BCUT2D eigenvalue weighted by Crippen LogP contribution is -2.60. The fourth-order valence-corrected chi connectivity index (χ4v) is 10.2. The zero-order valence-corrected chi connectivity index (χ0v) is 46.1. The van der Waals surface area contributed by atoms with Crippen LogP contribution in [0.4, 0.5) is 4.79 Å². The zero-order valence-electron chi connectivity index (χ0n) is 46.1. The van der Waals surface area contributed by atoms with Crippen LogP contribution in [0, 0.1) is 6.92 Å². The van der Waals surface area contributed by atoms with Gasteiger partial charge in [-0.05, 0) is 103 Å². The summed E-state index contributed by atoms with van der Waals surface area (Å²) in [5.74, 6) is 0.616. The quantitative estimate of drug-likeness (QED) is 0.0610. The first-order valence-electron chi connectivity index (χ1n) is 27.7. The zero-order chi connectivity index (χ0) is 54.8. The lowest BCUT2D eigenvalue weighted by atomic mass is 9.87. The summed E-state index contributed by atoms with van der Waals surface area (Å²) >= 11 is 0. The Balaban J connectivity index is 1.01. The summed E-state index contributed by atoms with van der Waals surface area (Å²) in [6, 6.07) is 63.5. The van der Waals surface area contributed by atoms with Gasteiger partial charge in [-0.1, -0.05) is 176 Å². The second-order valence-electron chi connectivity index (χ2n) is 21.3. The van der Waals surface area contributed by atoms with E-state index in [1.54, 1.807) is 13.8 Å². The van der Waals surface area contributed by atoms with Crippen molar-refractivity contribution >= 4 is 11.9 Å². The number of piperazine rings is 1. The minimum atomic E-state index is -1.03. The van der Waals surface area contributed by atoms with Crippen LogP contribution in [0.25, 0.3) is 0 Å². The molecule has 5 atom stereocenters. The van der Waals surface area contributed by atoms with E-state index in [4.69, 9.17) is 28.4 Å². The summed E-state index contributed by atoms with van der Waals surface area (Å²) in [6.07, 6.45) is -1.94. The third-order valence-electron chi connectivity index (χ3n) is 14.8. The highest BCUT2D eigenvalue weighted by molar-refractivity contribution is 5.90. The van der Waals surface area contributed by atoms with E-state index < -0.39 is 36.1 Å². The minimum absolute atomic E-state index is 0.0753. The predicted molar refractivity (Wildman–Crippen MR) is 308 cm³/mol. The number of nitrogens with zero attached hydrogens (tertiary/aromatic N) is 2. The number of hydrogen-bond donors (Lipinski definition) is 2. The Hall–Kier alpha value is -7.16. The van der Waals surface area contributed by atoms with Gasteiger partial charge in [0.05, 0.1) is 33.0 Å². The van der Waals surface area contributed by atoms with Crippen molar-refractivity contribution in [1.29, 1.82) is 0 Å². The second kappa shape index (κ2) is 28.1. The Morgan fingerprint density at radius 1 is 0.570 bits per heavy atom. The van der Waals surface area contributed by atoms with Crippen molar-refractivity contribution in [2.75, 3.05) is 46.4 Å². The van der Waals surface area contributed by atoms with Gasteiger partial charge in [0, 0.05) is 38.3 Å². The number of ether oxygens (including phenoxy) is 6. The number of rotatable bonds is 24. The van der Waals surface area contributed by atoms with Crippen LogP contribution in [-0.4, -0.2) is 98.1 Å². The molecule has 0 unspecified atom stereocenters. The molecule has 0 spiro atoms. The van der Waals surface area contributed by atoms with E-state index in [1.807, 2.05) is 95.9 Å². The SMILES string of the molecule is Cc1cc(OCc2ccccc2)c([C@@H]2O[C@H](COCc3ccccc3)[C@@H](OCc3ccccc3)[C@H](OCc3ccccc3)[C@H]2OCc2ccccc2)cc1Cc1ccc(CCNC(=O)NC(C)(C)C(=O)N2CCN(C)CC2)cc1. The maximum Gasteiger partial charge on any atom is 0.315 e. The Bertz CT molecular complexity index is 2960. The van der Waals surface area contributed by atoms with Crippen LogP contribution < -0.4 is 15.4 Å². The molecular weight excluding hydrogens is 989 g/mol. The minimum Gasteiger partial charge on any atom is -0.489 e. The molecule has 412 valence electrons. The molecule has 2 saturated heterocycles. The highest BCUT2D eigenvalue weighted by atomic mass is 16.6. The summed E-state index contributed by atoms with van der Waals surface area (Å²) in [5.41, 5.74) is 9.36. The van der Waals surface area contributed by atoms with Gasteiger partial charge in [0.1, 0.15) is 48.4 Å². The van der Waals surface area contributed by atoms with Gasteiger partial charge in [0.25, 0.3) is 0 Å². The number of amides is 3. The first-order chi connectivity index (χ1) is 38.5. The predicted octanol–water partition coefficient (Wildman–Crippen LogP) is 11.0. The van der Waals surface area contributed by atoms with Crippen molar-refractivity contribution in [2.45, 2.75) is 103 Å². The molecule has 0 saturated carbocycles. The largest absolute Gasteiger partial charge is 0.489 e. The molecule has 12 heteroatoms. The number of carbonyl (C=O) groups is 2. The first kappa shape index (κ1) is 56.6. The number of hydrogen-bond acceptors (Lipinski definition) is 9. The standard InChI is InChI=1S/C67H76N4O8/c1-49-40-59(75-44-53-22-12-6-13-23-53)58(42-57(49)41-51-32-30-50(31-33-51)34-35-68-66(73)69-67(2,3)65(72)71-38-36-70(4)37-39-71)61-63(77-46-55-26-16-8-17-27-55)64(78-47-56-28-18-9-19-29-56)62(76-45-54-24-14-7-15-25-54)60(79-61)48-74-43-52-20-10-5-11-21-52/h5-33,40,42,60-64H,34-39,41,43-48H2,1-4H3,(H2,68,69,73)/t60-,61+,62-,63+,64+/m1/s1. The maximum absolute atomic E-state index is 13.3. The van der Waals surface area contributed by atoms with Crippen LogP contribution in [-0.2, 0) is 74.4 Å². The molecule has 2 aliphatic heterocycles. The van der Waals surface area contributed by atoms with E-state index in [0.717, 1.165) is 68.7 Å². The van der Waals surface area contributed by atoms with E-state index >= 15 is 0 Å². The molecule has 2 fully saturated rings. The Morgan fingerprint density at radius 3 is 1.59 bits per heavy atom. The number of urea groups is 1. The molecule has 2 heterocycles. The number of nitrogens with one attached hydrogen (secondary N) is 2. The molecule has 7 aromatic carbocycles. The first-order valence-corrected chi connectivity index (χ1v) is 27.7. The van der Waals surface area contributed by atoms with Gasteiger partial charge in [-0.2, -0.15) is 0 Å². The highest BCUT2D eigenvalue weighted by Crippen LogP contribution is 2.43. The Kier molecular flexibility index (Phi) is 20.1. The molecule has 0 radical (unpaired) electrons. The van der Waals surface area contributed by atoms with E-state index in [9.17, 15) is 9.59 Å². The van der Waals surface area contributed by atoms with Gasteiger partial charge in [0.2, 0.25) is 5.91 Å². The average Bonchev–Trinajstić information content (AvgIpc) is 3.52. The number of likely N-dealkylation sites (N-methyl/N-ethyl adjacent to an activating group) is 1. The average molecular weight is 1070 g/mol. The van der Waals surface area contributed by atoms with Crippen LogP contribution in [0.1, 0.15) is 75.6 Å². The molecule has 12 nitrogen and oxygen atoms in total. The third-order valence-corrected chi connectivity index (χ3v) is 14.8. The maximum atomic E-state index is 13.3. The van der Waals surface area contributed by atoms with E-state index in [-0.39, 0.29) is 18.5 Å². The summed E-state index contributed by atoms with van der Waals surface area (Å²) in [5, 5.41) is 5.87. The van der Waals surface area contributed by atoms with E-state index in [0.29, 0.717) is 71.3 Å². The van der Waals surface area contributed by atoms with Crippen LogP contribution in [0.3, 0.4) is 0 Å². The fourth-order valence-electron chi connectivity index (χ4n) is 10.2. The van der Waals surface area contributed by atoms with Crippen molar-refractivity contribution in [3.8, 4) is 5.75 Å². The molecule has 7 aromatic rings. The summed E-state index contributed by atoms with van der Waals surface area (Å²) in [4.78, 5) is 30.4. The van der Waals surface area contributed by atoms with Crippen molar-refractivity contribution in [3.05, 3.63) is 244 Å². The van der Waals surface area contributed by atoms with Gasteiger partial charge in [-0.15, -0.1) is 0 Å². The van der Waals surface area contributed by atoms with E-state index in [2.05, 4.69) is 127 Å². The summed E-state index contributed by atoms with van der Waals surface area (Å²) < 4.78 is 42.4. The smallest absolute Gasteiger partial charge is 0.315 e. The summed E-state index contributed by atoms with van der Waals surface area (Å²) in [7, 11) is 2.05. The Labute approximate surface area is 467 Å².